The van der Waals surface area contributed by atoms with Crippen molar-refractivity contribution < 1.29 is 14.2 Å². The van der Waals surface area contributed by atoms with Crippen molar-refractivity contribution in [1.29, 1.82) is 0 Å². The van der Waals surface area contributed by atoms with Gasteiger partial charge in [-0.3, -0.25) is 0 Å². The summed E-state index contributed by atoms with van der Waals surface area (Å²) in [5, 5.41) is 0. The molecule has 0 unspecified atom stereocenters. The van der Waals surface area contributed by atoms with E-state index in [-0.39, 0.29) is 0 Å². The molecule has 1 aromatic rings. The van der Waals surface area contributed by atoms with Crippen LogP contribution in [0.4, 0.5) is 0 Å². The molecule has 0 aliphatic rings. The molecule has 2 N–H and O–H groups in total. The lowest BCUT2D eigenvalue weighted by Crippen LogP contribution is -2.05. The Labute approximate surface area is 109 Å². The lowest BCUT2D eigenvalue weighted by molar-refractivity contribution is 0.0483. The van der Waals surface area contributed by atoms with Crippen LogP contribution in [0.15, 0.2) is 24.3 Å². The number of benzene rings is 1. The summed E-state index contributed by atoms with van der Waals surface area (Å²) >= 11 is 0. The standard InChI is InChI=1S/C14H23NO3/c1-16-8-9-17-6-3-7-18-12-14-5-2-4-13(10-14)11-15/h2,4-5,10H,3,6-9,11-12,15H2,1H3. The van der Waals surface area contributed by atoms with Crippen LogP contribution in [0.5, 0.6) is 0 Å². The zero-order chi connectivity index (χ0) is 13.1. The molecule has 0 heterocycles. The molecule has 1 aromatic carbocycles. The third-order valence-corrected chi connectivity index (χ3v) is 2.50. The normalized spacial score (nSPS) is 10.8. The first kappa shape index (κ1) is 15.1. The number of hydrogen-bond acceptors (Lipinski definition) is 4. The van der Waals surface area contributed by atoms with Gasteiger partial charge in [0.05, 0.1) is 19.8 Å². The first-order valence-corrected chi connectivity index (χ1v) is 6.29. The van der Waals surface area contributed by atoms with Crippen molar-refractivity contribution >= 4 is 0 Å². The number of nitrogens with two attached hydrogens (primary N) is 1. The average Bonchev–Trinajstić information content (AvgIpc) is 2.42. The van der Waals surface area contributed by atoms with Crippen molar-refractivity contribution in [3.8, 4) is 0 Å². The van der Waals surface area contributed by atoms with Crippen LogP contribution in [0.3, 0.4) is 0 Å². The minimum Gasteiger partial charge on any atom is -0.382 e. The third kappa shape index (κ3) is 6.71. The molecule has 18 heavy (non-hydrogen) atoms. The van der Waals surface area contributed by atoms with E-state index in [1.807, 2.05) is 18.2 Å². The van der Waals surface area contributed by atoms with Gasteiger partial charge >= 0.3 is 0 Å². The van der Waals surface area contributed by atoms with E-state index >= 15 is 0 Å². The molecule has 102 valence electrons. The minimum atomic E-state index is 0.571. The molecule has 4 nitrogen and oxygen atoms in total. The highest BCUT2D eigenvalue weighted by atomic mass is 16.5. The van der Waals surface area contributed by atoms with Crippen LogP contribution in [0.2, 0.25) is 0 Å². The summed E-state index contributed by atoms with van der Waals surface area (Å²) in [6.45, 7) is 3.92. The lowest BCUT2D eigenvalue weighted by atomic mass is 10.1. The van der Waals surface area contributed by atoms with E-state index in [4.69, 9.17) is 19.9 Å². The van der Waals surface area contributed by atoms with Gasteiger partial charge in [0.25, 0.3) is 0 Å². The van der Waals surface area contributed by atoms with Crippen molar-refractivity contribution in [3.63, 3.8) is 0 Å². The van der Waals surface area contributed by atoms with Crippen molar-refractivity contribution in [1.82, 2.24) is 0 Å². The molecule has 0 amide bonds. The van der Waals surface area contributed by atoms with Crippen LogP contribution in [-0.2, 0) is 27.4 Å². The molecule has 0 saturated heterocycles. The van der Waals surface area contributed by atoms with Gasteiger partial charge in [0.1, 0.15) is 0 Å². The smallest absolute Gasteiger partial charge is 0.0716 e. The fraction of sp³-hybridized carbons (Fsp3) is 0.571. The monoisotopic (exact) mass is 253 g/mol. The van der Waals surface area contributed by atoms with Crippen molar-refractivity contribution in [3.05, 3.63) is 35.4 Å². The lowest BCUT2D eigenvalue weighted by Gasteiger charge is -2.06. The van der Waals surface area contributed by atoms with E-state index in [1.54, 1.807) is 7.11 Å². The topological polar surface area (TPSA) is 53.7 Å². The van der Waals surface area contributed by atoms with E-state index in [2.05, 4.69) is 6.07 Å². The second-order valence-corrected chi connectivity index (χ2v) is 4.04. The first-order chi connectivity index (χ1) is 8.86. The third-order valence-electron chi connectivity index (χ3n) is 2.50. The van der Waals surface area contributed by atoms with Crippen molar-refractivity contribution in [2.75, 3.05) is 33.5 Å². The molecule has 0 aromatic heterocycles. The highest BCUT2D eigenvalue weighted by Gasteiger charge is 1.95. The van der Waals surface area contributed by atoms with Gasteiger partial charge in [-0.25, -0.2) is 0 Å². The Morgan fingerprint density at radius 3 is 2.56 bits per heavy atom. The minimum absolute atomic E-state index is 0.571. The van der Waals surface area contributed by atoms with Crippen molar-refractivity contribution in [2.45, 2.75) is 19.6 Å². The van der Waals surface area contributed by atoms with Gasteiger partial charge in [-0.1, -0.05) is 24.3 Å². The molecule has 0 fully saturated rings. The quantitative estimate of drug-likeness (QED) is 0.645. The van der Waals surface area contributed by atoms with Gasteiger partial charge in [0, 0.05) is 26.9 Å². The summed E-state index contributed by atoms with van der Waals surface area (Å²) in [6, 6.07) is 8.16. The SMILES string of the molecule is COCCOCCCOCc1cccc(CN)c1. The van der Waals surface area contributed by atoms with Crippen molar-refractivity contribution in [2.24, 2.45) is 5.73 Å². The fourth-order valence-electron chi connectivity index (χ4n) is 1.54. The van der Waals surface area contributed by atoms with Crippen LogP contribution >= 0.6 is 0 Å². The Hall–Kier alpha value is -0.940. The van der Waals surface area contributed by atoms with E-state index in [0.717, 1.165) is 12.0 Å². The van der Waals surface area contributed by atoms with Gasteiger partial charge in [-0.05, 0) is 17.5 Å². The Balaban J connectivity index is 2.03. The van der Waals surface area contributed by atoms with Crippen LogP contribution in [0.25, 0.3) is 0 Å². The van der Waals surface area contributed by atoms with E-state index in [0.29, 0.717) is 39.6 Å². The van der Waals surface area contributed by atoms with Crippen LogP contribution in [-0.4, -0.2) is 33.5 Å². The fourth-order valence-corrected chi connectivity index (χ4v) is 1.54. The zero-order valence-corrected chi connectivity index (χ0v) is 11.1. The highest BCUT2D eigenvalue weighted by molar-refractivity contribution is 5.22. The molecule has 0 aliphatic heterocycles. The molecule has 1 rings (SSSR count). The second-order valence-electron chi connectivity index (χ2n) is 4.04. The van der Waals surface area contributed by atoms with Crippen LogP contribution < -0.4 is 5.73 Å². The van der Waals surface area contributed by atoms with Gasteiger partial charge in [-0.2, -0.15) is 0 Å². The van der Waals surface area contributed by atoms with Crippen LogP contribution in [0.1, 0.15) is 17.5 Å². The second kappa shape index (κ2) is 10.0. The number of rotatable bonds is 10. The van der Waals surface area contributed by atoms with Crippen LogP contribution in [0, 0.1) is 0 Å². The molecule has 0 spiro atoms. The maximum Gasteiger partial charge on any atom is 0.0716 e. The Morgan fingerprint density at radius 2 is 1.78 bits per heavy atom. The molecular formula is C14H23NO3. The largest absolute Gasteiger partial charge is 0.382 e. The summed E-state index contributed by atoms with van der Waals surface area (Å²) < 4.78 is 15.8. The summed E-state index contributed by atoms with van der Waals surface area (Å²) in [7, 11) is 1.67. The predicted octanol–water partition coefficient (Wildman–Crippen LogP) is 1.71. The maximum atomic E-state index is 5.59. The molecule has 0 radical (unpaired) electrons. The summed E-state index contributed by atoms with van der Waals surface area (Å²) in [5.41, 5.74) is 7.89. The van der Waals surface area contributed by atoms with E-state index in [1.165, 1.54) is 5.56 Å². The van der Waals surface area contributed by atoms with Gasteiger partial charge in [0.15, 0.2) is 0 Å². The number of methoxy groups -OCH3 is 1. The summed E-state index contributed by atoms with van der Waals surface area (Å²) in [5.74, 6) is 0. The Kier molecular flexibility index (Phi) is 8.42. The predicted molar refractivity (Wildman–Crippen MR) is 71.3 cm³/mol. The highest BCUT2D eigenvalue weighted by Crippen LogP contribution is 2.06. The number of ether oxygens (including phenoxy) is 3. The average molecular weight is 253 g/mol. The van der Waals surface area contributed by atoms with Gasteiger partial charge in [-0.15, -0.1) is 0 Å². The Morgan fingerprint density at radius 1 is 1.00 bits per heavy atom. The van der Waals surface area contributed by atoms with E-state index < -0.39 is 0 Å². The molecule has 4 heteroatoms. The van der Waals surface area contributed by atoms with Gasteiger partial charge < -0.3 is 19.9 Å². The molecule has 0 bridgehead atoms. The molecular weight excluding hydrogens is 230 g/mol. The maximum absolute atomic E-state index is 5.59. The number of hydrogen-bond donors (Lipinski definition) is 1. The summed E-state index contributed by atoms with van der Waals surface area (Å²) in [6.07, 6.45) is 0.903. The van der Waals surface area contributed by atoms with E-state index in [9.17, 15) is 0 Å². The zero-order valence-electron chi connectivity index (χ0n) is 11.1. The summed E-state index contributed by atoms with van der Waals surface area (Å²) in [4.78, 5) is 0. The molecule has 0 aliphatic carbocycles. The first-order valence-electron chi connectivity index (χ1n) is 6.29. The molecule has 0 saturated carbocycles. The molecule has 0 atom stereocenters. The Bertz CT molecular complexity index is 318. The van der Waals surface area contributed by atoms with Gasteiger partial charge in [0.2, 0.25) is 0 Å².